The highest BCUT2D eigenvalue weighted by Crippen LogP contribution is 1.95. The molecule has 0 spiro atoms. The average molecular weight is 270 g/mol. The van der Waals surface area contributed by atoms with E-state index >= 15 is 0 Å². The summed E-state index contributed by atoms with van der Waals surface area (Å²) in [6.45, 7) is 6.37. The number of halogens is 1. The van der Waals surface area contributed by atoms with E-state index in [9.17, 15) is 0 Å². The second-order valence-electron chi connectivity index (χ2n) is 3.15. The highest BCUT2D eigenvalue weighted by molar-refractivity contribution is 14.1. The van der Waals surface area contributed by atoms with E-state index in [-0.39, 0.29) is 0 Å². The Morgan fingerprint density at radius 2 is 2.09 bits per heavy atom. The number of alkyl halides is 1. The number of rotatable bonds is 6. The summed E-state index contributed by atoms with van der Waals surface area (Å²) in [5.74, 6) is 0.585. The second-order valence-corrected chi connectivity index (χ2v) is 4.23. The summed E-state index contributed by atoms with van der Waals surface area (Å²) in [7, 11) is 0. The molecule has 0 heterocycles. The highest BCUT2D eigenvalue weighted by atomic mass is 127. The molecular weight excluding hydrogens is 251 g/mol. The Bertz CT molecular complexity index is 86.2. The van der Waals surface area contributed by atoms with Gasteiger partial charge in [-0.2, -0.15) is 0 Å². The zero-order chi connectivity index (χ0) is 8.69. The Morgan fingerprint density at radius 1 is 1.45 bits per heavy atom. The van der Waals surface area contributed by atoms with Gasteiger partial charge in [0.1, 0.15) is 0 Å². The van der Waals surface area contributed by atoms with Crippen LogP contribution < -0.4 is 11.1 Å². The van der Waals surface area contributed by atoms with Crippen molar-refractivity contribution in [2.45, 2.75) is 26.3 Å². The first-order chi connectivity index (χ1) is 5.18. The van der Waals surface area contributed by atoms with Crippen LogP contribution >= 0.6 is 22.6 Å². The van der Waals surface area contributed by atoms with Gasteiger partial charge in [0.15, 0.2) is 0 Å². The van der Waals surface area contributed by atoms with E-state index in [0.717, 1.165) is 13.1 Å². The average Bonchev–Trinajstić information content (AvgIpc) is 1.97. The van der Waals surface area contributed by atoms with Crippen molar-refractivity contribution in [1.82, 2.24) is 5.32 Å². The summed E-state index contributed by atoms with van der Waals surface area (Å²) in [6.07, 6.45) is 1.24. The smallest absolute Gasteiger partial charge is 0.0188 e. The van der Waals surface area contributed by atoms with Crippen LogP contribution in [0.5, 0.6) is 0 Å². The fraction of sp³-hybridized carbons (Fsp3) is 1.00. The van der Waals surface area contributed by atoms with Gasteiger partial charge in [0.25, 0.3) is 0 Å². The third-order valence-corrected chi connectivity index (χ3v) is 2.49. The third kappa shape index (κ3) is 7.03. The molecule has 0 aromatic rings. The first kappa shape index (κ1) is 11.6. The van der Waals surface area contributed by atoms with Gasteiger partial charge >= 0.3 is 0 Å². The molecule has 1 atom stereocenters. The molecule has 3 N–H and O–H groups in total. The molecule has 0 aromatic carbocycles. The van der Waals surface area contributed by atoms with Gasteiger partial charge in [-0.3, -0.25) is 0 Å². The standard InChI is InChI=1S/C8H19IN2/c1-7(2)8(10)6-11-5-3-4-9/h7-8,11H,3-6,10H2,1-2H3/t8-/m1/s1. The summed E-state index contributed by atoms with van der Waals surface area (Å²) in [5.41, 5.74) is 5.83. The lowest BCUT2D eigenvalue weighted by Crippen LogP contribution is -2.38. The van der Waals surface area contributed by atoms with Crippen molar-refractivity contribution in [2.24, 2.45) is 11.7 Å². The molecule has 0 unspecified atom stereocenters. The van der Waals surface area contributed by atoms with Crippen molar-refractivity contribution in [3.8, 4) is 0 Å². The van der Waals surface area contributed by atoms with Crippen LogP contribution in [-0.2, 0) is 0 Å². The normalized spacial score (nSPS) is 13.9. The topological polar surface area (TPSA) is 38.0 Å². The summed E-state index contributed by atoms with van der Waals surface area (Å²) < 4.78 is 1.22. The first-order valence-electron chi connectivity index (χ1n) is 4.20. The Hall–Kier alpha value is 0.650. The van der Waals surface area contributed by atoms with Crippen LogP contribution in [0, 0.1) is 5.92 Å². The summed E-state index contributed by atoms with van der Waals surface area (Å²) in [5, 5.41) is 3.34. The van der Waals surface area contributed by atoms with Crippen LogP contribution in [0.2, 0.25) is 0 Å². The van der Waals surface area contributed by atoms with Crippen molar-refractivity contribution in [3.05, 3.63) is 0 Å². The van der Waals surface area contributed by atoms with Gasteiger partial charge in [0.05, 0.1) is 0 Å². The number of nitrogens with two attached hydrogens (primary N) is 1. The van der Waals surface area contributed by atoms with Crippen LogP contribution in [0.15, 0.2) is 0 Å². The van der Waals surface area contributed by atoms with E-state index in [2.05, 4.69) is 41.8 Å². The molecule has 68 valence electrons. The minimum absolute atomic E-state index is 0.309. The molecule has 0 aromatic heterocycles. The summed E-state index contributed by atoms with van der Waals surface area (Å²) >= 11 is 2.39. The predicted molar refractivity (Wildman–Crippen MR) is 59.2 cm³/mol. The first-order valence-corrected chi connectivity index (χ1v) is 5.73. The van der Waals surface area contributed by atoms with Gasteiger partial charge in [-0.15, -0.1) is 0 Å². The van der Waals surface area contributed by atoms with Gasteiger partial charge in [-0.25, -0.2) is 0 Å². The molecule has 0 radical (unpaired) electrons. The minimum atomic E-state index is 0.309. The second kappa shape index (κ2) is 7.31. The van der Waals surface area contributed by atoms with Crippen LogP contribution in [0.25, 0.3) is 0 Å². The molecule has 0 saturated heterocycles. The van der Waals surface area contributed by atoms with Gasteiger partial charge < -0.3 is 11.1 Å². The number of hydrogen-bond acceptors (Lipinski definition) is 2. The van der Waals surface area contributed by atoms with Crippen molar-refractivity contribution in [2.75, 3.05) is 17.5 Å². The molecule has 0 amide bonds. The maximum absolute atomic E-state index is 5.83. The molecule has 11 heavy (non-hydrogen) atoms. The molecule has 0 rings (SSSR count). The lowest BCUT2D eigenvalue weighted by Gasteiger charge is -2.15. The van der Waals surface area contributed by atoms with Crippen LogP contribution in [0.3, 0.4) is 0 Å². The van der Waals surface area contributed by atoms with Crippen molar-refractivity contribution >= 4 is 22.6 Å². The van der Waals surface area contributed by atoms with Gasteiger partial charge in [-0.1, -0.05) is 36.4 Å². The maximum atomic E-state index is 5.83. The van der Waals surface area contributed by atoms with Crippen LogP contribution in [0.4, 0.5) is 0 Å². The Labute approximate surface area is 83.4 Å². The fourth-order valence-corrected chi connectivity index (χ4v) is 1.08. The van der Waals surface area contributed by atoms with Crippen LogP contribution in [0.1, 0.15) is 20.3 Å². The Kier molecular flexibility index (Phi) is 7.74. The minimum Gasteiger partial charge on any atom is -0.326 e. The highest BCUT2D eigenvalue weighted by Gasteiger charge is 2.05. The fourth-order valence-electron chi connectivity index (χ4n) is 0.696. The van der Waals surface area contributed by atoms with E-state index in [4.69, 9.17) is 5.73 Å². The van der Waals surface area contributed by atoms with E-state index in [1.54, 1.807) is 0 Å². The summed E-state index contributed by atoms with van der Waals surface area (Å²) in [6, 6.07) is 0.309. The van der Waals surface area contributed by atoms with Gasteiger partial charge in [0.2, 0.25) is 0 Å². The van der Waals surface area contributed by atoms with E-state index in [1.165, 1.54) is 10.8 Å². The number of nitrogens with one attached hydrogen (secondary N) is 1. The molecule has 0 fully saturated rings. The molecule has 2 nitrogen and oxygen atoms in total. The molecule has 3 heteroatoms. The van der Waals surface area contributed by atoms with Gasteiger partial charge in [0, 0.05) is 17.0 Å². The molecule has 0 bridgehead atoms. The SMILES string of the molecule is CC(C)[C@H](N)CNCCCI. The zero-order valence-electron chi connectivity index (χ0n) is 7.44. The molecular formula is C8H19IN2. The molecule has 0 aliphatic carbocycles. The Balaban J connectivity index is 3.10. The molecule has 0 aliphatic rings. The predicted octanol–water partition coefficient (Wildman–Crippen LogP) is 1.38. The largest absolute Gasteiger partial charge is 0.326 e. The Morgan fingerprint density at radius 3 is 2.55 bits per heavy atom. The summed E-state index contributed by atoms with van der Waals surface area (Å²) in [4.78, 5) is 0. The van der Waals surface area contributed by atoms with E-state index in [0.29, 0.717) is 12.0 Å². The van der Waals surface area contributed by atoms with E-state index < -0.39 is 0 Å². The van der Waals surface area contributed by atoms with Crippen LogP contribution in [-0.4, -0.2) is 23.6 Å². The van der Waals surface area contributed by atoms with Gasteiger partial charge in [-0.05, 0) is 18.9 Å². The van der Waals surface area contributed by atoms with Crippen molar-refractivity contribution < 1.29 is 0 Å². The monoisotopic (exact) mass is 270 g/mol. The lowest BCUT2D eigenvalue weighted by atomic mass is 10.1. The van der Waals surface area contributed by atoms with Crippen molar-refractivity contribution in [1.29, 1.82) is 0 Å². The zero-order valence-corrected chi connectivity index (χ0v) is 9.60. The van der Waals surface area contributed by atoms with Crippen molar-refractivity contribution in [3.63, 3.8) is 0 Å². The van der Waals surface area contributed by atoms with E-state index in [1.807, 2.05) is 0 Å². The molecule has 0 aliphatic heterocycles. The quantitative estimate of drug-likeness (QED) is 0.435. The molecule has 0 saturated carbocycles. The third-order valence-electron chi connectivity index (χ3n) is 1.72. The maximum Gasteiger partial charge on any atom is 0.0188 e. The lowest BCUT2D eigenvalue weighted by molar-refractivity contribution is 0.459. The number of hydrogen-bond donors (Lipinski definition) is 2.